The third kappa shape index (κ3) is 2.62. The van der Waals surface area contributed by atoms with Crippen molar-refractivity contribution in [3.63, 3.8) is 0 Å². The number of nitrogen functional groups attached to an aromatic ring is 1. The lowest BCUT2D eigenvalue weighted by Crippen LogP contribution is -2.19. The fourth-order valence-electron chi connectivity index (χ4n) is 3.03. The largest absolute Gasteiger partial charge is 0.382 e. The molecule has 1 aromatic carbocycles. The molecular formula is C18H18N8O2. The Kier molecular flexibility index (Phi) is 3.95. The molecule has 0 aliphatic rings. The van der Waals surface area contributed by atoms with Crippen molar-refractivity contribution in [1.82, 2.24) is 24.0 Å². The van der Waals surface area contributed by atoms with Crippen LogP contribution in [0.4, 0.5) is 17.2 Å². The smallest absolute Gasteiger partial charge is 0.299 e. The fraction of sp³-hybridized carbons (Fsp3) is 0.167. The molecule has 0 aliphatic heterocycles. The van der Waals surface area contributed by atoms with Crippen LogP contribution in [0, 0.1) is 13.8 Å². The molecule has 10 nitrogen and oxygen atoms in total. The molecule has 0 saturated heterocycles. The molecule has 3 aromatic heterocycles. The minimum absolute atomic E-state index is 0.135. The second kappa shape index (κ2) is 6.34. The van der Waals surface area contributed by atoms with Crippen molar-refractivity contribution < 1.29 is 0 Å². The van der Waals surface area contributed by atoms with Gasteiger partial charge in [0, 0.05) is 18.8 Å². The maximum Gasteiger partial charge on any atom is 0.299 e. The molecule has 0 atom stereocenters. The molecule has 0 radical (unpaired) electrons. The van der Waals surface area contributed by atoms with Crippen molar-refractivity contribution in [2.45, 2.75) is 13.8 Å². The van der Waals surface area contributed by atoms with Gasteiger partial charge in [-0.2, -0.15) is 4.52 Å². The highest BCUT2D eigenvalue weighted by Crippen LogP contribution is 2.27. The summed E-state index contributed by atoms with van der Waals surface area (Å²) in [5.41, 5.74) is 7.84. The summed E-state index contributed by atoms with van der Waals surface area (Å²) in [6.07, 6.45) is 0. The Morgan fingerprint density at radius 1 is 1.07 bits per heavy atom. The van der Waals surface area contributed by atoms with Crippen molar-refractivity contribution >= 4 is 22.8 Å². The van der Waals surface area contributed by atoms with E-state index in [9.17, 15) is 9.59 Å². The lowest BCUT2D eigenvalue weighted by atomic mass is 10.3. The summed E-state index contributed by atoms with van der Waals surface area (Å²) >= 11 is 0. The lowest BCUT2D eigenvalue weighted by Gasteiger charge is -2.07. The van der Waals surface area contributed by atoms with Crippen molar-refractivity contribution in [2.24, 2.45) is 17.3 Å². The number of aromatic amines is 1. The van der Waals surface area contributed by atoms with Crippen molar-refractivity contribution in [1.29, 1.82) is 0 Å². The Balaban J connectivity index is 1.87. The zero-order valence-electron chi connectivity index (χ0n) is 15.5. The van der Waals surface area contributed by atoms with Gasteiger partial charge in [0.25, 0.3) is 11.1 Å². The molecule has 4 aromatic rings. The predicted octanol–water partition coefficient (Wildman–Crippen LogP) is 2.13. The first-order valence-electron chi connectivity index (χ1n) is 8.52. The highest BCUT2D eigenvalue weighted by Gasteiger charge is 2.17. The van der Waals surface area contributed by atoms with Gasteiger partial charge in [-0.3, -0.25) is 19.4 Å². The topological polar surface area (TPSA) is 128 Å². The molecule has 0 unspecified atom stereocenters. The average molecular weight is 378 g/mol. The maximum absolute atomic E-state index is 12.9. The van der Waals surface area contributed by atoms with Gasteiger partial charge in [-0.15, -0.1) is 10.2 Å². The molecule has 0 amide bonds. The maximum atomic E-state index is 12.9. The number of para-hydroxylation sites is 1. The number of aryl methyl sites for hydroxylation is 1. The van der Waals surface area contributed by atoms with E-state index in [4.69, 9.17) is 5.73 Å². The number of rotatable bonds is 3. The molecule has 142 valence electrons. The van der Waals surface area contributed by atoms with E-state index in [2.05, 4.69) is 20.3 Å². The molecule has 0 bridgehead atoms. The van der Waals surface area contributed by atoms with E-state index in [1.807, 2.05) is 30.3 Å². The number of hydrogen-bond acceptors (Lipinski definition) is 6. The van der Waals surface area contributed by atoms with Gasteiger partial charge in [0.2, 0.25) is 0 Å². The molecular weight excluding hydrogens is 360 g/mol. The zero-order chi connectivity index (χ0) is 20.0. The van der Waals surface area contributed by atoms with Gasteiger partial charge in [0.1, 0.15) is 5.82 Å². The summed E-state index contributed by atoms with van der Waals surface area (Å²) in [6, 6.07) is 10.6. The van der Waals surface area contributed by atoms with Crippen molar-refractivity contribution in [3.05, 3.63) is 68.5 Å². The number of H-pyrrole nitrogens is 1. The number of nitrogens with two attached hydrogens (primary N) is 1. The van der Waals surface area contributed by atoms with Crippen LogP contribution >= 0.6 is 0 Å². The van der Waals surface area contributed by atoms with Gasteiger partial charge in [0.15, 0.2) is 17.0 Å². The van der Waals surface area contributed by atoms with Crippen LogP contribution in [0.1, 0.15) is 11.4 Å². The lowest BCUT2D eigenvalue weighted by molar-refractivity contribution is 0.630. The molecule has 0 saturated carbocycles. The van der Waals surface area contributed by atoms with Crippen LogP contribution in [-0.4, -0.2) is 24.0 Å². The third-order valence-electron chi connectivity index (χ3n) is 4.52. The molecule has 3 heterocycles. The Hall–Kier alpha value is -3.95. The second-order valence-corrected chi connectivity index (χ2v) is 6.38. The summed E-state index contributed by atoms with van der Waals surface area (Å²) in [5, 5.41) is 11.0. The van der Waals surface area contributed by atoms with Gasteiger partial charge >= 0.3 is 0 Å². The standard InChI is InChI=1S/C18H18N8O2/c1-10-9-13(27)25-17(20-10)15(16(19)23-25)22-21-14-11(2)24(3)26(18(14)28)12-7-5-4-6-8-12/h4-9,23H,19H2,1-3H3. The summed E-state index contributed by atoms with van der Waals surface area (Å²) in [5.74, 6) is 0.135. The van der Waals surface area contributed by atoms with E-state index in [1.165, 1.54) is 15.3 Å². The number of nitrogens with zero attached hydrogens (tertiary/aromatic N) is 6. The quantitative estimate of drug-likeness (QED) is 0.529. The first-order chi connectivity index (χ1) is 13.4. The van der Waals surface area contributed by atoms with Gasteiger partial charge < -0.3 is 5.73 Å². The van der Waals surface area contributed by atoms with Crippen LogP contribution in [0.3, 0.4) is 0 Å². The highest BCUT2D eigenvalue weighted by molar-refractivity contribution is 5.75. The molecule has 10 heteroatoms. The van der Waals surface area contributed by atoms with E-state index < -0.39 is 0 Å². The monoisotopic (exact) mass is 378 g/mol. The molecule has 0 spiro atoms. The summed E-state index contributed by atoms with van der Waals surface area (Å²) in [6.45, 7) is 3.48. The average Bonchev–Trinajstić information content (AvgIpc) is 3.08. The van der Waals surface area contributed by atoms with E-state index >= 15 is 0 Å². The minimum atomic E-state index is -0.310. The molecule has 28 heavy (non-hydrogen) atoms. The highest BCUT2D eigenvalue weighted by atomic mass is 16.1. The first-order valence-corrected chi connectivity index (χ1v) is 8.52. The van der Waals surface area contributed by atoms with Crippen LogP contribution < -0.4 is 16.9 Å². The van der Waals surface area contributed by atoms with Gasteiger partial charge in [-0.1, -0.05) is 18.2 Å². The Labute approximate surface area is 158 Å². The van der Waals surface area contributed by atoms with E-state index in [0.717, 1.165) is 5.69 Å². The Morgan fingerprint density at radius 3 is 2.46 bits per heavy atom. The van der Waals surface area contributed by atoms with Crippen LogP contribution in [0.15, 0.2) is 56.2 Å². The SMILES string of the molecule is Cc1cc(=O)n2[nH]c(N)c(N=Nc3c(C)n(C)n(-c4ccccc4)c3=O)c2n1. The van der Waals surface area contributed by atoms with Gasteiger partial charge in [-0.05, 0) is 26.0 Å². The normalized spacial score (nSPS) is 11.7. The van der Waals surface area contributed by atoms with Crippen LogP contribution in [0.25, 0.3) is 11.3 Å². The Bertz CT molecular complexity index is 1340. The Morgan fingerprint density at radius 2 is 1.75 bits per heavy atom. The van der Waals surface area contributed by atoms with Gasteiger partial charge in [0.05, 0.1) is 11.4 Å². The van der Waals surface area contributed by atoms with Crippen LogP contribution in [0.2, 0.25) is 0 Å². The summed E-state index contributed by atoms with van der Waals surface area (Å²) in [7, 11) is 1.77. The number of hydrogen-bond donors (Lipinski definition) is 2. The van der Waals surface area contributed by atoms with Gasteiger partial charge in [-0.25, -0.2) is 9.67 Å². The number of anilines is 1. The molecule has 4 rings (SSSR count). The first kappa shape index (κ1) is 17.5. The van der Waals surface area contributed by atoms with Crippen molar-refractivity contribution in [3.8, 4) is 5.69 Å². The molecule has 0 fully saturated rings. The molecule has 3 N–H and O–H groups in total. The number of aromatic nitrogens is 5. The third-order valence-corrected chi connectivity index (χ3v) is 4.52. The van der Waals surface area contributed by atoms with E-state index in [-0.39, 0.29) is 34.0 Å². The number of benzene rings is 1. The fourth-order valence-corrected chi connectivity index (χ4v) is 3.03. The number of azo groups is 1. The van der Waals surface area contributed by atoms with E-state index in [0.29, 0.717) is 11.4 Å². The summed E-state index contributed by atoms with van der Waals surface area (Å²) in [4.78, 5) is 29.3. The van der Waals surface area contributed by atoms with E-state index in [1.54, 1.807) is 25.6 Å². The molecule has 0 aliphatic carbocycles. The second-order valence-electron chi connectivity index (χ2n) is 6.38. The summed E-state index contributed by atoms with van der Waals surface area (Å²) < 4.78 is 4.41. The van der Waals surface area contributed by atoms with Crippen molar-refractivity contribution in [2.75, 3.05) is 5.73 Å². The predicted molar refractivity (Wildman–Crippen MR) is 105 cm³/mol. The van der Waals surface area contributed by atoms with Crippen LogP contribution in [-0.2, 0) is 7.05 Å². The minimum Gasteiger partial charge on any atom is -0.382 e. The van der Waals surface area contributed by atoms with Crippen LogP contribution in [0.5, 0.6) is 0 Å². The zero-order valence-corrected chi connectivity index (χ0v) is 15.5. The number of nitrogens with one attached hydrogen (secondary N) is 1. The number of fused-ring (bicyclic) bond motifs is 1.